The van der Waals surface area contributed by atoms with Crippen molar-refractivity contribution in [1.29, 1.82) is 0 Å². The summed E-state index contributed by atoms with van der Waals surface area (Å²) in [6.07, 6.45) is 0. The average molecular weight is 154 g/mol. The molecule has 1 heterocycles. The maximum atomic E-state index is 6.56. The van der Waals surface area contributed by atoms with Crippen molar-refractivity contribution in [3.05, 3.63) is 22.5 Å². The number of methoxy groups -OCH3 is 1. The Balaban J connectivity index is 2.70. The van der Waals surface area contributed by atoms with E-state index in [0.717, 1.165) is 5.69 Å². The first-order chi connectivity index (χ1) is 4.86. The molecule has 0 saturated heterocycles. The minimum atomic E-state index is 0.347. The summed E-state index contributed by atoms with van der Waals surface area (Å²) in [5.41, 5.74) is 0.789. The van der Waals surface area contributed by atoms with Gasteiger partial charge in [-0.25, -0.2) is 11.6 Å². The third-order valence-corrected chi connectivity index (χ3v) is 1.80. The molecule has 0 atom stereocenters. The highest BCUT2D eigenvalue weighted by molar-refractivity contribution is 7.11. The van der Waals surface area contributed by atoms with Gasteiger partial charge in [-0.15, -0.1) is 0 Å². The van der Waals surface area contributed by atoms with Crippen molar-refractivity contribution >= 4 is 11.3 Å². The molecule has 4 heteroatoms. The van der Waals surface area contributed by atoms with E-state index < -0.39 is 0 Å². The van der Waals surface area contributed by atoms with Gasteiger partial charge in [0.1, 0.15) is 5.69 Å². The van der Waals surface area contributed by atoms with Gasteiger partial charge in [-0.05, 0) is 0 Å². The molecule has 0 aliphatic heterocycles. The van der Waals surface area contributed by atoms with Gasteiger partial charge in [0.2, 0.25) is 0 Å². The van der Waals surface area contributed by atoms with Crippen LogP contribution in [0, 0.1) is 6.57 Å². The molecule has 10 heavy (non-hydrogen) atoms. The monoisotopic (exact) mass is 154 g/mol. The molecule has 0 aromatic carbocycles. The second kappa shape index (κ2) is 3.18. The predicted molar refractivity (Wildman–Crippen MR) is 39.0 cm³/mol. The minimum absolute atomic E-state index is 0.347. The summed E-state index contributed by atoms with van der Waals surface area (Å²) in [7, 11) is 1.57. The smallest absolute Gasteiger partial charge is 0.273 e. The Morgan fingerprint density at radius 3 is 3.20 bits per heavy atom. The van der Waals surface area contributed by atoms with Gasteiger partial charge in [0.15, 0.2) is 0 Å². The minimum Gasteiger partial charge on any atom is -0.473 e. The van der Waals surface area contributed by atoms with E-state index in [1.807, 2.05) is 5.38 Å². The number of aromatic nitrogens is 1. The van der Waals surface area contributed by atoms with Gasteiger partial charge in [0.25, 0.3) is 11.7 Å². The molecule has 3 nitrogen and oxygen atoms in total. The maximum Gasteiger partial charge on any atom is 0.273 e. The van der Waals surface area contributed by atoms with Crippen LogP contribution in [0.1, 0.15) is 5.69 Å². The predicted octanol–water partition coefficient (Wildman–Crippen LogP) is 1.57. The molecular formula is C6H6N2OS. The van der Waals surface area contributed by atoms with E-state index in [2.05, 4.69) is 9.83 Å². The van der Waals surface area contributed by atoms with Crippen molar-refractivity contribution in [2.24, 2.45) is 0 Å². The molecule has 0 N–H and O–H groups in total. The first kappa shape index (κ1) is 7.03. The molecule has 1 aromatic rings. The Kier molecular flexibility index (Phi) is 2.24. The van der Waals surface area contributed by atoms with E-state index in [0.29, 0.717) is 11.7 Å². The molecule has 0 amide bonds. The highest BCUT2D eigenvalue weighted by Crippen LogP contribution is 2.17. The fourth-order valence-electron chi connectivity index (χ4n) is 0.536. The van der Waals surface area contributed by atoms with Crippen LogP contribution >= 0.6 is 11.3 Å². The van der Waals surface area contributed by atoms with Crippen LogP contribution < -0.4 is 4.74 Å². The number of hydrogen-bond acceptors (Lipinski definition) is 3. The number of ether oxygens (including phenoxy) is 1. The van der Waals surface area contributed by atoms with E-state index in [-0.39, 0.29) is 0 Å². The van der Waals surface area contributed by atoms with Crippen molar-refractivity contribution in [3.8, 4) is 5.19 Å². The lowest BCUT2D eigenvalue weighted by Crippen LogP contribution is -1.82. The summed E-state index contributed by atoms with van der Waals surface area (Å²) in [5, 5.41) is 2.45. The highest BCUT2D eigenvalue weighted by Gasteiger charge is 2.01. The summed E-state index contributed by atoms with van der Waals surface area (Å²) in [4.78, 5) is 7.19. The molecule has 0 unspecified atom stereocenters. The molecule has 52 valence electrons. The van der Waals surface area contributed by atoms with Crippen LogP contribution in [0.3, 0.4) is 0 Å². The molecule has 0 saturated carbocycles. The zero-order chi connectivity index (χ0) is 7.40. The van der Waals surface area contributed by atoms with Gasteiger partial charge in [0, 0.05) is 5.38 Å². The molecular weight excluding hydrogens is 148 g/mol. The molecule has 1 aromatic heterocycles. The number of thiazole rings is 1. The quantitative estimate of drug-likeness (QED) is 0.604. The van der Waals surface area contributed by atoms with Gasteiger partial charge >= 0.3 is 0 Å². The summed E-state index contributed by atoms with van der Waals surface area (Å²) in [5.74, 6) is 0. The molecule has 0 radical (unpaired) electrons. The van der Waals surface area contributed by atoms with Crippen LogP contribution in [0.2, 0.25) is 0 Å². The van der Waals surface area contributed by atoms with Crippen LogP contribution in [0.25, 0.3) is 4.85 Å². The van der Waals surface area contributed by atoms with Crippen molar-refractivity contribution in [3.63, 3.8) is 0 Å². The summed E-state index contributed by atoms with van der Waals surface area (Å²) < 4.78 is 4.85. The van der Waals surface area contributed by atoms with Crippen molar-refractivity contribution in [2.75, 3.05) is 7.11 Å². The third kappa shape index (κ3) is 1.45. The zero-order valence-corrected chi connectivity index (χ0v) is 6.31. The maximum absolute atomic E-state index is 6.56. The Hall–Kier alpha value is -1.08. The summed E-state index contributed by atoms with van der Waals surface area (Å²) in [6, 6.07) is 0. The second-order valence-electron chi connectivity index (χ2n) is 1.63. The van der Waals surface area contributed by atoms with Crippen LogP contribution in [0.15, 0.2) is 5.38 Å². The largest absolute Gasteiger partial charge is 0.473 e. The van der Waals surface area contributed by atoms with E-state index in [1.165, 1.54) is 11.3 Å². The van der Waals surface area contributed by atoms with Gasteiger partial charge < -0.3 is 9.58 Å². The molecule has 0 spiro atoms. The van der Waals surface area contributed by atoms with Crippen molar-refractivity contribution in [2.45, 2.75) is 6.54 Å². The first-order valence-corrected chi connectivity index (χ1v) is 3.56. The van der Waals surface area contributed by atoms with Gasteiger partial charge in [-0.3, -0.25) is 0 Å². The molecule has 1 rings (SSSR count). The van der Waals surface area contributed by atoms with E-state index >= 15 is 0 Å². The van der Waals surface area contributed by atoms with E-state index in [4.69, 9.17) is 11.3 Å². The lowest BCUT2D eigenvalue weighted by molar-refractivity contribution is 0.411. The molecule has 0 aliphatic rings. The third-order valence-electron chi connectivity index (χ3n) is 0.946. The van der Waals surface area contributed by atoms with Crippen LogP contribution in [0.4, 0.5) is 0 Å². The van der Waals surface area contributed by atoms with Gasteiger partial charge in [-0.2, -0.15) is 0 Å². The van der Waals surface area contributed by atoms with E-state index in [1.54, 1.807) is 7.11 Å². The molecule has 0 fully saturated rings. The van der Waals surface area contributed by atoms with Crippen LogP contribution in [0.5, 0.6) is 5.19 Å². The Morgan fingerprint density at radius 1 is 1.90 bits per heavy atom. The molecule has 0 aliphatic carbocycles. The van der Waals surface area contributed by atoms with Crippen LogP contribution in [-0.4, -0.2) is 12.1 Å². The fourth-order valence-corrected chi connectivity index (χ4v) is 1.17. The standard InChI is InChI=1S/C6H6N2OS/c1-7-3-5-4-10-6(8-5)9-2/h4H,3H2,2H3. The SMILES string of the molecule is [C-]#[N+]Cc1csc(OC)n1. The Bertz CT molecular complexity index is 250. The molecule has 0 bridgehead atoms. The van der Waals surface area contributed by atoms with E-state index in [9.17, 15) is 0 Å². The van der Waals surface area contributed by atoms with Crippen molar-refractivity contribution in [1.82, 2.24) is 4.98 Å². The first-order valence-electron chi connectivity index (χ1n) is 2.68. The lowest BCUT2D eigenvalue weighted by atomic mass is 10.5. The topological polar surface area (TPSA) is 26.5 Å². The van der Waals surface area contributed by atoms with Gasteiger partial charge in [0.05, 0.1) is 7.11 Å². The Labute approximate surface area is 63.1 Å². The van der Waals surface area contributed by atoms with Crippen molar-refractivity contribution < 1.29 is 4.74 Å². The Morgan fingerprint density at radius 2 is 2.70 bits per heavy atom. The normalized spacial score (nSPS) is 8.80. The number of hydrogen-bond donors (Lipinski definition) is 0. The number of nitrogens with zero attached hydrogens (tertiary/aromatic N) is 2. The van der Waals surface area contributed by atoms with Crippen LogP contribution in [-0.2, 0) is 6.54 Å². The highest BCUT2D eigenvalue weighted by atomic mass is 32.1. The number of rotatable bonds is 2. The summed E-state index contributed by atoms with van der Waals surface area (Å²) in [6.45, 7) is 6.90. The fraction of sp³-hybridized carbons (Fsp3) is 0.333. The lowest BCUT2D eigenvalue weighted by Gasteiger charge is -1.85. The summed E-state index contributed by atoms with van der Waals surface area (Å²) >= 11 is 1.41. The average Bonchev–Trinajstić information content (AvgIpc) is 2.37. The van der Waals surface area contributed by atoms with Gasteiger partial charge in [-0.1, -0.05) is 11.3 Å². The zero-order valence-electron chi connectivity index (χ0n) is 5.50. The second-order valence-corrected chi connectivity index (χ2v) is 2.45.